The van der Waals surface area contributed by atoms with E-state index in [0.29, 0.717) is 11.4 Å². The van der Waals surface area contributed by atoms with Gasteiger partial charge in [-0.1, -0.05) is 40.7 Å². The average molecular weight is 450 g/mol. The molecule has 9 heteroatoms. The second kappa shape index (κ2) is 9.57. The van der Waals surface area contributed by atoms with Gasteiger partial charge in [0.25, 0.3) is 5.91 Å². The van der Waals surface area contributed by atoms with Crippen molar-refractivity contribution in [3.05, 3.63) is 53.8 Å². The molecule has 2 aromatic rings. The fraction of sp³-hybridized carbons (Fsp3) is 0.364. The van der Waals surface area contributed by atoms with Crippen molar-refractivity contribution < 1.29 is 22.4 Å². The highest BCUT2D eigenvalue weighted by atomic mass is 32.2. The van der Waals surface area contributed by atoms with E-state index in [-0.39, 0.29) is 24.6 Å². The lowest BCUT2D eigenvalue weighted by atomic mass is 9.95. The smallest absolute Gasteiger partial charge is 0.255 e. The summed E-state index contributed by atoms with van der Waals surface area (Å²) in [5, 5.41) is 5.42. The molecule has 0 radical (unpaired) electrons. The van der Waals surface area contributed by atoms with Crippen LogP contribution >= 0.6 is 0 Å². The Labute approximate surface area is 182 Å². The lowest BCUT2D eigenvalue weighted by molar-refractivity contribution is -0.123. The molecule has 2 amide bonds. The van der Waals surface area contributed by atoms with Crippen LogP contribution in [-0.4, -0.2) is 37.6 Å². The van der Waals surface area contributed by atoms with Crippen molar-refractivity contribution >= 4 is 33.2 Å². The van der Waals surface area contributed by atoms with Gasteiger partial charge in [0.2, 0.25) is 15.9 Å². The van der Waals surface area contributed by atoms with Crippen LogP contribution in [0.15, 0.2) is 47.4 Å². The number of nitrogens with one attached hydrogen (secondary N) is 2. The Hall–Kier alpha value is -2.78. The van der Waals surface area contributed by atoms with E-state index in [1.807, 2.05) is 0 Å². The Bertz CT molecular complexity index is 1070. The summed E-state index contributed by atoms with van der Waals surface area (Å²) in [6, 6.07) is 9.77. The molecule has 0 unspecified atom stereocenters. The zero-order valence-electron chi connectivity index (χ0n) is 18.3. The summed E-state index contributed by atoms with van der Waals surface area (Å²) in [5.74, 6) is -1.70. The van der Waals surface area contributed by atoms with E-state index < -0.39 is 32.1 Å². The first kappa shape index (κ1) is 24.5. The number of carbonyl (C=O) groups is 2. The summed E-state index contributed by atoms with van der Waals surface area (Å²) in [6.07, 6.45) is 0. The quantitative estimate of drug-likeness (QED) is 0.665. The number of nitrogens with zero attached hydrogens (tertiary/aromatic N) is 1. The van der Waals surface area contributed by atoms with Gasteiger partial charge >= 0.3 is 0 Å². The first-order valence-corrected chi connectivity index (χ1v) is 11.4. The van der Waals surface area contributed by atoms with Crippen LogP contribution in [0.3, 0.4) is 0 Å². The average Bonchev–Trinajstić information content (AvgIpc) is 2.68. The van der Waals surface area contributed by atoms with Gasteiger partial charge in [-0.15, -0.1) is 0 Å². The van der Waals surface area contributed by atoms with Gasteiger partial charge in [0.15, 0.2) is 0 Å². The molecular formula is C22H28FN3O4S. The van der Waals surface area contributed by atoms with Crippen molar-refractivity contribution in [3.8, 4) is 0 Å². The maximum atomic E-state index is 14.3. The molecule has 0 bridgehead atoms. The van der Waals surface area contributed by atoms with E-state index in [9.17, 15) is 22.4 Å². The highest BCUT2D eigenvalue weighted by Gasteiger charge is 2.26. The minimum atomic E-state index is -4.06. The molecule has 7 nitrogen and oxygen atoms in total. The maximum absolute atomic E-state index is 14.3. The Kier molecular flexibility index (Phi) is 7.56. The normalized spacial score (nSPS) is 12.0. The Balaban J connectivity index is 2.28. The van der Waals surface area contributed by atoms with E-state index in [0.717, 1.165) is 16.4 Å². The lowest BCUT2D eigenvalue weighted by Gasteiger charge is -2.19. The maximum Gasteiger partial charge on any atom is 0.255 e. The topological polar surface area (TPSA) is 95.6 Å². The number of rotatable bonds is 7. The molecule has 0 saturated heterocycles. The summed E-state index contributed by atoms with van der Waals surface area (Å²) < 4.78 is 40.8. The van der Waals surface area contributed by atoms with Gasteiger partial charge in [0.1, 0.15) is 10.7 Å². The zero-order valence-corrected chi connectivity index (χ0v) is 19.1. The number of carbonyl (C=O) groups excluding carboxylic acids is 2. The molecule has 0 aliphatic heterocycles. The van der Waals surface area contributed by atoms with Gasteiger partial charge in [0.05, 0.1) is 0 Å². The largest absolute Gasteiger partial charge is 0.326 e. The van der Waals surface area contributed by atoms with E-state index >= 15 is 0 Å². The first-order chi connectivity index (χ1) is 14.4. The summed E-state index contributed by atoms with van der Waals surface area (Å²) in [7, 11) is -4.06. The second-order valence-corrected chi connectivity index (χ2v) is 9.88. The van der Waals surface area contributed by atoms with Gasteiger partial charge in [-0.2, -0.15) is 4.31 Å². The summed E-state index contributed by atoms with van der Waals surface area (Å²) in [4.78, 5) is 24.3. The van der Waals surface area contributed by atoms with E-state index in [4.69, 9.17) is 0 Å². The fourth-order valence-corrected chi connectivity index (χ4v) is 4.29. The lowest BCUT2D eigenvalue weighted by Crippen LogP contribution is -2.31. The highest BCUT2D eigenvalue weighted by molar-refractivity contribution is 7.89. The molecular weight excluding hydrogens is 421 g/mol. The standard InChI is InChI=1S/C22H28FN3O4S/c1-6-26(7-2)31(29,30)19-13-15(11-12-18(19)23)20(27)24-16-9-8-10-17(14-16)25-21(28)22(3,4)5/h8-14H,6-7H2,1-5H3,(H,24,27)(H,25,28). The monoisotopic (exact) mass is 449 g/mol. The first-order valence-electron chi connectivity index (χ1n) is 9.92. The molecule has 168 valence electrons. The van der Waals surface area contributed by atoms with Gasteiger partial charge in [-0.05, 0) is 36.4 Å². The third-order valence-electron chi connectivity index (χ3n) is 4.58. The van der Waals surface area contributed by atoms with Crippen LogP contribution in [0, 0.1) is 11.2 Å². The number of hydrogen-bond acceptors (Lipinski definition) is 4. The predicted octanol–water partition coefficient (Wildman–Crippen LogP) is 4.09. The molecule has 31 heavy (non-hydrogen) atoms. The highest BCUT2D eigenvalue weighted by Crippen LogP contribution is 2.23. The second-order valence-electron chi connectivity index (χ2n) is 7.97. The van der Waals surface area contributed by atoms with Crippen molar-refractivity contribution in [3.63, 3.8) is 0 Å². The van der Waals surface area contributed by atoms with Crippen LogP contribution in [-0.2, 0) is 14.8 Å². The summed E-state index contributed by atoms with van der Waals surface area (Å²) in [5.41, 5.74) is 0.312. The van der Waals surface area contributed by atoms with Crippen LogP contribution in [0.4, 0.5) is 15.8 Å². The van der Waals surface area contributed by atoms with Crippen LogP contribution in [0.2, 0.25) is 0 Å². The molecule has 0 heterocycles. The van der Waals surface area contributed by atoms with Gasteiger partial charge in [-0.3, -0.25) is 9.59 Å². The SMILES string of the molecule is CCN(CC)S(=O)(=O)c1cc(C(=O)Nc2cccc(NC(=O)C(C)(C)C)c2)ccc1F. The molecule has 2 N–H and O–H groups in total. The predicted molar refractivity (Wildman–Crippen MR) is 119 cm³/mol. The van der Waals surface area contributed by atoms with E-state index in [1.165, 1.54) is 6.07 Å². The molecule has 0 spiro atoms. The van der Waals surface area contributed by atoms with E-state index in [1.54, 1.807) is 58.9 Å². The number of sulfonamides is 1. The van der Waals surface area contributed by atoms with Crippen molar-refractivity contribution in [1.82, 2.24) is 4.31 Å². The Morgan fingerprint density at radius 3 is 2.10 bits per heavy atom. The minimum absolute atomic E-state index is 0.00346. The van der Waals surface area contributed by atoms with Gasteiger partial charge in [0, 0.05) is 35.4 Å². The van der Waals surface area contributed by atoms with Crippen LogP contribution in [0.5, 0.6) is 0 Å². The number of amides is 2. The molecule has 0 aliphatic rings. The third-order valence-corrected chi connectivity index (χ3v) is 6.64. The Morgan fingerprint density at radius 1 is 0.968 bits per heavy atom. The van der Waals surface area contributed by atoms with Crippen molar-refractivity contribution in [2.75, 3.05) is 23.7 Å². The molecule has 0 aromatic heterocycles. The molecule has 0 atom stereocenters. The van der Waals surface area contributed by atoms with Crippen molar-refractivity contribution in [1.29, 1.82) is 0 Å². The van der Waals surface area contributed by atoms with Crippen LogP contribution in [0.25, 0.3) is 0 Å². The van der Waals surface area contributed by atoms with Gasteiger partial charge in [-0.25, -0.2) is 12.8 Å². The van der Waals surface area contributed by atoms with Crippen LogP contribution < -0.4 is 10.6 Å². The molecule has 2 rings (SSSR count). The van der Waals surface area contributed by atoms with Gasteiger partial charge < -0.3 is 10.6 Å². The number of anilines is 2. The molecule has 0 saturated carbocycles. The minimum Gasteiger partial charge on any atom is -0.326 e. The zero-order chi connectivity index (χ0) is 23.4. The Morgan fingerprint density at radius 2 is 1.55 bits per heavy atom. The summed E-state index contributed by atoms with van der Waals surface area (Å²) in [6.45, 7) is 9.02. The number of hydrogen-bond donors (Lipinski definition) is 2. The van der Waals surface area contributed by atoms with Crippen molar-refractivity contribution in [2.45, 2.75) is 39.5 Å². The molecule has 2 aromatic carbocycles. The molecule has 0 fully saturated rings. The van der Waals surface area contributed by atoms with E-state index in [2.05, 4.69) is 10.6 Å². The number of benzene rings is 2. The van der Waals surface area contributed by atoms with Crippen LogP contribution in [0.1, 0.15) is 45.0 Å². The number of halogens is 1. The van der Waals surface area contributed by atoms with Crippen molar-refractivity contribution in [2.24, 2.45) is 5.41 Å². The third kappa shape index (κ3) is 5.89. The summed E-state index contributed by atoms with van der Waals surface area (Å²) >= 11 is 0. The molecule has 0 aliphatic carbocycles. The fourth-order valence-electron chi connectivity index (χ4n) is 2.74.